The molecule has 150 valence electrons. The fraction of sp³-hybridized carbons (Fsp3) is 0.429. The molecule has 0 N–H and O–H groups in total. The average molecular weight is 419 g/mol. The van der Waals surface area contributed by atoms with Gasteiger partial charge in [-0.3, -0.25) is 4.28 Å². The first kappa shape index (κ1) is 22.3. The smallest absolute Gasteiger partial charge is 0.267 e. The Hall–Kier alpha value is -2.04. The molecule has 0 radical (unpaired) electrons. The van der Waals surface area contributed by atoms with Crippen molar-refractivity contribution in [3.05, 3.63) is 52.4 Å². The van der Waals surface area contributed by atoms with Crippen molar-refractivity contribution in [2.45, 2.75) is 52.4 Å². The predicted molar refractivity (Wildman–Crippen MR) is 116 cm³/mol. The Morgan fingerprint density at radius 2 is 1.86 bits per heavy atom. The van der Waals surface area contributed by atoms with E-state index < -0.39 is 10.1 Å². The summed E-state index contributed by atoms with van der Waals surface area (Å²) in [5.41, 5.74) is 2.40. The van der Waals surface area contributed by atoms with Crippen LogP contribution in [0.3, 0.4) is 0 Å². The first-order valence-electron chi connectivity index (χ1n) is 9.52. The largest absolute Gasteiger partial charge is 0.328 e. The zero-order valence-corrected chi connectivity index (χ0v) is 18.0. The molecule has 1 aromatic carbocycles. The van der Waals surface area contributed by atoms with E-state index in [9.17, 15) is 13.7 Å². The van der Waals surface area contributed by atoms with Gasteiger partial charge in [-0.25, -0.2) is 0 Å². The van der Waals surface area contributed by atoms with E-state index in [1.165, 1.54) is 18.2 Å². The second-order valence-electron chi connectivity index (χ2n) is 6.63. The van der Waals surface area contributed by atoms with Crippen molar-refractivity contribution in [3.8, 4) is 6.07 Å². The minimum absolute atomic E-state index is 0.0281. The molecule has 0 atom stereocenters. The molecule has 1 heterocycles. The lowest BCUT2D eigenvalue weighted by atomic mass is 10.0. The van der Waals surface area contributed by atoms with Crippen LogP contribution in [0.15, 0.2) is 46.5 Å². The van der Waals surface area contributed by atoms with Gasteiger partial charge in [-0.2, -0.15) is 13.7 Å². The number of nitriles is 1. The SMILES string of the molecule is CCCCCCCCS(=O)(=O)ON=C1C=CC(=C(C#N)c2ccccc2C)S1. The van der Waals surface area contributed by atoms with E-state index in [1.807, 2.05) is 31.2 Å². The topological polar surface area (TPSA) is 79.5 Å². The lowest BCUT2D eigenvalue weighted by molar-refractivity contribution is 0.339. The molecular formula is C21H26N2O3S2. The number of nitrogens with zero attached hydrogens (tertiary/aromatic N) is 2. The summed E-state index contributed by atoms with van der Waals surface area (Å²) in [6, 6.07) is 9.89. The molecule has 0 fully saturated rings. The Morgan fingerprint density at radius 1 is 1.14 bits per heavy atom. The number of hydrogen-bond acceptors (Lipinski definition) is 6. The van der Waals surface area contributed by atoms with Gasteiger partial charge in [0.25, 0.3) is 0 Å². The summed E-state index contributed by atoms with van der Waals surface area (Å²) in [5, 5.41) is 13.7. The zero-order valence-electron chi connectivity index (χ0n) is 16.3. The second-order valence-corrected chi connectivity index (χ2v) is 9.37. The van der Waals surface area contributed by atoms with Gasteiger partial charge in [-0.15, -0.1) is 0 Å². The van der Waals surface area contributed by atoms with Gasteiger partial charge in [-0.05, 0) is 36.6 Å². The highest BCUT2D eigenvalue weighted by Gasteiger charge is 2.18. The lowest BCUT2D eigenvalue weighted by Crippen LogP contribution is -2.08. The summed E-state index contributed by atoms with van der Waals surface area (Å²) in [4.78, 5) is 0.729. The van der Waals surface area contributed by atoms with Gasteiger partial charge < -0.3 is 0 Å². The summed E-state index contributed by atoms with van der Waals surface area (Å²) in [5.74, 6) is -0.0281. The molecule has 1 aromatic rings. The zero-order chi connectivity index (χ0) is 20.4. The van der Waals surface area contributed by atoms with Gasteiger partial charge in [0.1, 0.15) is 11.1 Å². The minimum atomic E-state index is -3.68. The average Bonchev–Trinajstić information content (AvgIpc) is 3.14. The summed E-state index contributed by atoms with van der Waals surface area (Å²) >= 11 is 1.23. The molecule has 0 amide bonds. The van der Waals surface area contributed by atoms with Crippen molar-refractivity contribution in [1.82, 2.24) is 0 Å². The highest BCUT2D eigenvalue weighted by molar-refractivity contribution is 8.18. The predicted octanol–water partition coefficient (Wildman–Crippen LogP) is 5.55. The number of thioether (sulfide) groups is 1. The van der Waals surface area contributed by atoms with Crippen molar-refractivity contribution in [2.75, 3.05) is 5.75 Å². The first-order chi connectivity index (χ1) is 13.5. The Bertz CT molecular complexity index is 910. The van der Waals surface area contributed by atoms with Crippen LogP contribution in [-0.4, -0.2) is 19.2 Å². The second kappa shape index (κ2) is 11.1. The van der Waals surface area contributed by atoms with Crippen LogP contribution in [-0.2, 0) is 14.4 Å². The number of unbranched alkanes of at least 4 members (excludes halogenated alkanes) is 5. The molecular weight excluding hydrogens is 392 g/mol. The van der Waals surface area contributed by atoms with Crippen LogP contribution >= 0.6 is 11.8 Å². The first-order valence-corrected chi connectivity index (χ1v) is 11.9. The number of hydrogen-bond donors (Lipinski definition) is 0. The number of oxime groups is 1. The molecule has 5 nitrogen and oxygen atoms in total. The van der Waals surface area contributed by atoms with Crippen LogP contribution in [0.1, 0.15) is 56.6 Å². The number of benzene rings is 1. The number of allylic oxidation sites excluding steroid dienone is 2. The normalized spacial score (nSPS) is 17.0. The molecule has 0 aliphatic carbocycles. The van der Waals surface area contributed by atoms with Crippen molar-refractivity contribution in [3.63, 3.8) is 0 Å². The Kier molecular flexibility index (Phi) is 8.81. The van der Waals surface area contributed by atoms with Crippen LogP contribution in [0.5, 0.6) is 0 Å². The van der Waals surface area contributed by atoms with Gasteiger partial charge in [0.05, 0.1) is 11.3 Å². The standard InChI is InChI=1S/C21H26N2O3S2/c1-3-4-5-6-7-10-15-28(24,25)26-23-21-14-13-20(27-21)19(16-22)18-12-9-8-11-17(18)2/h8-9,11-14H,3-7,10,15H2,1-2H3. The molecule has 0 spiro atoms. The molecule has 0 unspecified atom stereocenters. The van der Waals surface area contributed by atoms with E-state index in [1.54, 1.807) is 12.2 Å². The maximum absolute atomic E-state index is 12.0. The van der Waals surface area contributed by atoms with E-state index in [2.05, 4.69) is 18.1 Å². The van der Waals surface area contributed by atoms with Crippen molar-refractivity contribution < 1.29 is 12.7 Å². The third-order valence-electron chi connectivity index (χ3n) is 4.35. The van der Waals surface area contributed by atoms with Gasteiger partial charge in [0, 0.05) is 4.91 Å². The Morgan fingerprint density at radius 3 is 2.57 bits per heavy atom. The third kappa shape index (κ3) is 6.84. The van der Waals surface area contributed by atoms with E-state index in [4.69, 9.17) is 4.28 Å². The third-order valence-corrected chi connectivity index (χ3v) is 6.42. The Balaban J connectivity index is 1.94. The fourth-order valence-electron chi connectivity index (χ4n) is 2.80. The van der Waals surface area contributed by atoms with Crippen LogP contribution in [0.2, 0.25) is 0 Å². The monoisotopic (exact) mass is 418 g/mol. The van der Waals surface area contributed by atoms with E-state index in [-0.39, 0.29) is 5.75 Å². The minimum Gasteiger partial charge on any atom is -0.267 e. The molecule has 0 saturated heterocycles. The van der Waals surface area contributed by atoms with Crippen LogP contribution < -0.4 is 0 Å². The number of rotatable bonds is 10. The van der Waals surface area contributed by atoms with Gasteiger partial charge in [0.15, 0.2) is 0 Å². The van der Waals surface area contributed by atoms with Crippen LogP contribution in [0.25, 0.3) is 5.57 Å². The molecule has 0 aromatic heterocycles. The quantitative estimate of drug-likeness (QED) is 0.283. The Labute approximate surface area is 172 Å². The maximum Gasteiger partial charge on any atom is 0.328 e. The van der Waals surface area contributed by atoms with Crippen LogP contribution in [0.4, 0.5) is 0 Å². The van der Waals surface area contributed by atoms with Crippen molar-refractivity contribution in [2.24, 2.45) is 5.16 Å². The fourth-order valence-corrected chi connectivity index (χ4v) is 4.51. The molecule has 2 rings (SSSR count). The van der Waals surface area contributed by atoms with Gasteiger partial charge in [0.2, 0.25) is 0 Å². The summed E-state index contributed by atoms with van der Waals surface area (Å²) < 4.78 is 28.8. The summed E-state index contributed by atoms with van der Waals surface area (Å²) in [7, 11) is -3.68. The molecule has 1 aliphatic rings. The maximum atomic E-state index is 12.0. The molecule has 7 heteroatoms. The van der Waals surface area contributed by atoms with E-state index in [0.717, 1.165) is 41.7 Å². The van der Waals surface area contributed by atoms with Crippen molar-refractivity contribution in [1.29, 1.82) is 5.26 Å². The van der Waals surface area contributed by atoms with Crippen LogP contribution in [0, 0.1) is 18.3 Å². The highest BCUT2D eigenvalue weighted by atomic mass is 32.2. The molecule has 28 heavy (non-hydrogen) atoms. The van der Waals surface area contributed by atoms with E-state index in [0.29, 0.717) is 17.0 Å². The molecule has 0 saturated carbocycles. The summed E-state index contributed by atoms with van der Waals surface area (Å²) in [6.07, 6.45) is 9.41. The molecule has 1 aliphatic heterocycles. The summed E-state index contributed by atoms with van der Waals surface area (Å²) in [6.45, 7) is 4.09. The molecule has 0 bridgehead atoms. The number of aryl methyl sites for hydroxylation is 1. The van der Waals surface area contributed by atoms with Gasteiger partial charge >= 0.3 is 10.1 Å². The van der Waals surface area contributed by atoms with E-state index >= 15 is 0 Å². The van der Waals surface area contributed by atoms with Crippen molar-refractivity contribution >= 4 is 32.5 Å². The highest BCUT2D eigenvalue weighted by Crippen LogP contribution is 2.34. The van der Waals surface area contributed by atoms with Gasteiger partial charge in [-0.1, -0.05) is 80.2 Å². The lowest BCUT2D eigenvalue weighted by Gasteiger charge is -2.06.